The van der Waals surface area contributed by atoms with E-state index >= 15 is 0 Å². The normalized spacial score (nSPS) is 18.4. The number of imide groups is 1. The molecule has 2 rings (SSSR count). The minimum Gasteiger partial charge on any atom is -0.497 e. The Morgan fingerprint density at radius 2 is 1.87 bits per heavy atom. The number of esters is 1. The monoisotopic (exact) mass is 420 g/mol. The Bertz CT molecular complexity index is 837. The van der Waals surface area contributed by atoms with Gasteiger partial charge in [0.15, 0.2) is 6.61 Å². The van der Waals surface area contributed by atoms with E-state index in [-0.39, 0.29) is 11.3 Å². The zero-order valence-electron chi connectivity index (χ0n) is 17.9. The minimum absolute atomic E-state index is 0.224. The van der Waals surface area contributed by atoms with E-state index in [2.05, 4.69) is 5.32 Å². The zero-order chi connectivity index (χ0) is 22.5. The lowest BCUT2D eigenvalue weighted by Crippen LogP contribution is -2.44. The van der Waals surface area contributed by atoms with Gasteiger partial charge in [-0.05, 0) is 37.8 Å². The maximum Gasteiger partial charge on any atom is 0.326 e. The fraction of sp³-hybridized carbons (Fsp3) is 0.524. The van der Waals surface area contributed by atoms with Crippen molar-refractivity contribution in [2.24, 2.45) is 5.92 Å². The number of nitrogens with zero attached hydrogens (tertiary/aromatic N) is 1. The van der Waals surface area contributed by atoms with Crippen molar-refractivity contribution in [3.63, 3.8) is 0 Å². The van der Waals surface area contributed by atoms with Gasteiger partial charge in [0.25, 0.3) is 5.91 Å². The van der Waals surface area contributed by atoms with Gasteiger partial charge in [0.05, 0.1) is 19.8 Å². The number of carbonyl (C=O) groups is 4. The van der Waals surface area contributed by atoms with Crippen molar-refractivity contribution in [2.75, 3.05) is 27.4 Å². The van der Waals surface area contributed by atoms with E-state index in [1.165, 1.54) is 20.3 Å². The third-order valence-corrected chi connectivity index (χ3v) is 4.93. The highest BCUT2D eigenvalue weighted by Crippen LogP contribution is 2.26. The molecule has 1 heterocycles. The smallest absolute Gasteiger partial charge is 0.326 e. The van der Waals surface area contributed by atoms with Gasteiger partial charge in [0.2, 0.25) is 5.78 Å². The average molecular weight is 420 g/mol. The van der Waals surface area contributed by atoms with Crippen LogP contribution in [0.4, 0.5) is 4.79 Å². The number of hydrogen-bond donors (Lipinski definition) is 1. The number of amides is 3. The molecule has 1 aromatic carbocycles. The molecule has 3 amide bonds. The van der Waals surface area contributed by atoms with Crippen LogP contribution in [0, 0.1) is 5.92 Å². The summed E-state index contributed by atoms with van der Waals surface area (Å²) in [6, 6.07) is 3.99. The lowest BCUT2D eigenvalue weighted by molar-refractivity contribution is -0.146. The molecule has 1 N–H and O–H groups in total. The lowest BCUT2D eigenvalue weighted by Gasteiger charge is -2.22. The van der Waals surface area contributed by atoms with E-state index in [1.54, 1.807) is 19.1 Å². The van der Waals surface area contributed by atoms with Crippen molar-refractivity contribution in [3.8, 4) is 11.5 Å². The van der Waals surface area contributed by atoms with Gasteiger partial charge >= 0.3 is 12.0 Å². The SMILES string of the molecule is COc1ccc(C(=O)COC(=O)CN2C(=O)N[C@@](C)(CCC(C)C)C2=O)c(OC)c1. The summed E-state index contributed by atoms with van der Waals surface area (Å²) in [6.45, 7) is 4.58. The Morgan fingerprint density at radius 3 is 2.47 bits per heavy atom. The number of hydrogen-bond acceptors (Lipinski definition) is 7. The van der Waals surface area contributed by atoms with E-state index in [1.807, 2.05) is 13.8 Å². The van der Waals surface area contributed by atoms with Crippen LogP contribution in [-0.4, -0.2) is 61.5 Å². The molecule has 0 aromatic heterocycles. The van der Waals surface area contributed by atoms with Crippen LogP contribution in [-0.2, 0) is 14.3 Å². The average Bonchev–Trinajstić information content (AvgIpc) is 2.93. The molecular weight excluding hydrogens is 392 g/mol. The Labute approximate surface area is 175 Å². The number of Topliss-reactive ketones (excluding diaryl/α,β-unsaturated/α-hetero) is 1. The van der Waals surface area contributed by atoms with E-state index in [0.717, 1.165) is 11.3 Å². The number of methoxy groups -OCH3 is 2. The molecule has 1 aliphatic rings. The lowest BCUT2D eigenvalue weighted by atomic mass is 9.92. The molecule has 0 bridgehead atoms. The fourth-order valence-corrected chi connectivity index (χ4v) is 3.06. The van der Waals surface area contributed by atoms with Gasteiger partial charge in [0.1, 0.15) is 23.6 Å². The van der Waals surface area contributed by atoms with E-state index in [9.17, 15) is 19.2 Å². The Morgan fingerprint density at radius 1 is 1.17 bits per heavy atom. The molecule has 0 saturated carbocycles. The van der Waals surface area contributed by atoms with Crippen LogP contribution in [0.2, 0.25) is 0 Å². The summed E-state index contributed by atoms with van der Waals surface area (Å²) in [5, 5.41) is 2.64. The second-order valence-electron chi connectivity index (χ2n) is 7.74. The van der Waals surface area contributed by atoms with Gasteiger partial charge in [-0.15, -0.1) is 0 Å². The first-order valence-corrected chi connectivity index (χ1v) is 9.66. The first kappa shape index (κ1) is 23.2. The van der Waals surface area contributed by atoms with E-state index in [4.69, 9.17) is 14.2 Å². The van der Waals surface area contributed by atoms with Crippen LogP contribution >= 0.6 is 0 Å². The van der Waals surface area contributed by atoms with Crippen LogP contribution in [0.1, 0.15) is 44.0 Å². The summed E-state index contributed by atoms with van der Waals surface area (Å²) >= 11 is 0. The molecule has 1 aliphatic heterocycles. The number of carbonyl (C=O) groups excluding carboxylic acids is 4. The van der Waals surface area contributed by atoms with E-state index in [0.29, 0.717) is 18.1 Å². The molecule has 30 heavy (non-hydrogen) atoms. The summed E-state index contributed by atoms with van der Waals surface area (Å²) in [5.41, 5.74) is -0.823. The maximum absolute atomic E-state index is 12.6. The molecule has 1 aromatic rings. The van der Waals surface area contributed by atoms with Crippen LogP contribution < -0.4 is 14.8 Å². The highest BCUT2D eigenvalue weighted by atomic mass is 16.5. The summed E-state index contributed by atoms with van der Waals surface area (Å²) in [4.78, 5) is 50.2. The van der Waals surface area contributed by atoms with Crippen LogP contribution in [0.15, 0.2) is 18.2 Å². The topological polar surface area (TPSA) is 111 Å². The molecule has 0 spiro atoms. The summed E-state index contributed by atoms with van der Waals surface area (Å²) in [7, 11) is 2.90. The van der Waals surface area contributed by atoms with Crippen LogP contribution in [0.5, 0.6) is 11.5 Å². The fourth-order valence-electron chi connectivity index (χ4n) is 3.06. The molecule has 0 radical (unpaired) electrons. The third kappa shape index (κ3) is 5.28. The molecule has 0 aliphatic carbocycles. The van der Waals surface area contributed by atoms with Crippen molar-refractivity contribution in [1.29, 1.82) is 0 Å². The van der Waals surface area contributed by atoms with Crippen molar-refractivity contribution in [3.05, 3.63) is 23.8 Å². The van der Waals surface area contributed by atoms with Crippen molar-refractivity contribution < 1.29 is 33.4 Å². The first-order valence-electron chi connectivity index (χ1n) is 9.66. The molecule has 1 atom stereocenters. The number of urea groups is 1. The predicted octanol–water partition coefficient (Wildman–Crippen LogP) is 2.18. The maximum atomic E-state index is 12.6. The molecular formula is C21H28N2O7. The van der Waals surface area contributed by atoms with Gasteiger partial charge in [-0.3, -0.25) is 19.3 Å². The summed E-state index contributed by atoms with van der Waals surface area (Å²) in [6.07, 6.45) is 1.22. The number of ketones is 1. The summed E-state index contributed by atoms with van der Waals surface area (Å²) in [5.74, 6) is -0.654. The Kier molecular flexibility index (Phi) is 7.42. The van der Waals surface area contributed by atoms with Gasteiger partial charge < -0.3 is 19.5 Å². The number of nitrogens with one attached hydrogen (secondary N) is 1. The van der Waals surface area contributed by atoms with E-state index < -0.39 is 42.4 Å². The second-order valence-corrected chi connectivity index (χ2v) is 7.74. The van der Waals surface area contributed by atoms with Crippen LogP contribution in [0.25, 0.3) is 0 Å². The molecule has 164 valence electrons. The number of ether oxygens (including phenoxy) is 3. The Balaban J connectivity index is 1.95. The Hall–Kier alpha value is -3.10. The second kappa shape index (κ2) is 9.60. The van der Waals surface area contributed by atoms with Crippen molar-refractivity contribution >= 4 is 23.7 Å². The minimum atomic E-state index is -1.05. The summed E-state index contributed by atoms with van der Waals surface area (Å²) < 4.78 is 15.2. The van der Waals surface area contributed by atoms with Crippen molar-refractivity contribution in [1.82, 2.24) is 10.2 Å². The molecule has 1 saturated heterocycles. The van der Waals surface area contributed by atoms with Gasteiger partial charge in [-0.1, -0.05) is 13.8 Å². The highest BCUT2D eigenvalue weighted by molar-refractivity contribution is 6.08. The quantitative estimate of drug-likeness (QED) is 0.351. The molecule has 1 fully saturated rings. The standard InChI is InChI=1S/C21H28N2O7/c1-13(2)8-9-21(3)19(26)23(20(27)22-21)11-18(25)30-12-16(24)15-7-6-14(28-4)10-17(15)29-5/h6-7,10,13H,8-9,11-12H2,1-5H3,(H,22,27)/t21-/m0/s1. The largest absolute Gasteiger partial charge is 0.497 e. The zero-order valence-corrected chi connectivity index (χ0v) is 17.9. The molecule has 9 heteroatoms. The third-order valence-electron chi connectivity index (χ3n) is 4.93. The van der Waals surface area contributed by atoms with Crippen molar-refractivity contribution in [2.45, 2.75) is 39.2 Å². The highest BCUT2D eigenvalue weighted by Gasteiger charge is 2.48. The van der Waals surface area contributed by atoms with Gasteiger partial charge in [0, 0.05) is 6.07 Å². The van der Waals surface area contributed by atoms with Gasteiger partial charge in [-0.25, -0.2) is 4.79 Å². The predicted molar refractivity (Wildman–Crippen MR) is 108 cm³/mol. The van der Waals surface area contributed by atoms with Gasteiger partial charge in [-0.2, -0.15) is 0 Å². The number of benzene rings is 1. The number of rotatable bonds is 10. The first-order chi connectivity index (χ1) is 14.1. The molecule has 9 nitrogen and oxygen atoms in total. The molecule has 0 unspecified atom stereocenters. The van der Waals surface area contributed by atoms with Crippen LogP contribution in [0.3, 0.4) is 0 Å².